The van der Waals surface area contributed by atoms with Crippen molar-refractivity contribution in [3.05, 3.63) is 65.0 Å². The Balaban J connectivity index is 1.47. The highest BCUT2D eigenvalue weighted by Crippen LogP contribution is 2.39. The van der Waals surface area contributed by atoms with Gasteiger partial charge in [-0.15, -0.1) is 11.8 Å². The minimum absolute atomic E-state index is 0.114. The quantitative estimate of drug-likeness (QED) is 0.135. The molecule has 0 spiro atoms. The first-order valence-electron chi connectivity index (χ1n) is 11.4. The van der Waals surface area contributed by atoms with Crippen LogP contribution in [0.25, 0.3) is 0 Å². The Hall–Kier alpha value is -1.42. The van der Waals surface area contributed by atoms with E-state index in [-0.39, 0.29) is 29.3 Å². The standard InChI is InChI=1S/C24H30F4NO4PS/c25-20-7-5-19(6-8-20)23(16-32-17-23)10-1-2-13-35-22-9-4-18(14-21(22)24(26,27)28)15-29-11-3-12-33-34(30)31/h4-9,14,29,34H,1-3,10-13,15-17H2,(H,30,31). The van der Waals surface area contributed by atoms with Crippen LogP contribution in [0.15, 0.2) is 47.4 Å². The average Bonchev–Trinajstić information content (AvgIpc) is 2.78. The maximum atomic E-state index is 13.7. The second kappa shape index (κ2) is 13.2. The van der Waals surface area contributed by atoms with E-state index in [0.717, 1.165) is 24.8 Å². The number of hydrogen-bond donors (Lipinski definition) is 2. The summed E-state index contributed by atoms with van der Waals surface area (Å²) < 4.78 is 74.7. The van der Waals surface area contributed by atoms with Crippen molar-refractivity contribution in [1.29, 1.82) is 0 Å². The summed E-state index contributed by atoms with van der Waals surface area (Å²) in [5.74, 6) is 0.282. The maximum Gasteiger partial charge on any atom is 0.417 e. The number of thioether (sulfide) groups is 1. The lowest BCUT2D eigenvalue weighted by Crippen LogP contribution is -2.46. The van der Waals surface area contributed by atoms with Crippen LogP contribution < -0.4 is 5.32 Å². The molecule has 0 saturated carbocycles. The van der Waals surface area contributed by atoms with Gasteiger partial charge in [-0.3, -0.25) is 4.57 Å². The predicted molar refractivity (Wildman–Crippen MR) is 128 cm³/mol. The lowest BCUT2D eigenvalue weighted by atomic mass is 9.75. The van der Waals surface area contributed by atoms with Crippen LogP contribution in [0.4, 0.5) is 17.6 Å². The fourth-order valence-corrected chi connectivity index (χ4v) is 5.36. The third kappa shape index (κ3) is 8.58. The highest BCUT2D eigenvalue weighted by Gasteiger charge is 2.39. The number of halogens is 4. The van der Waals surface area contributed by atoms with Crippen LogP contribution in [0, 0.1) is 5.82 Å². The molecule has 0 radical (unpaired) electrons. The smallest absolute Gasteiger partial charge is 0.379 e. The van der Waals surface area contributed by atoms with Gasteiger partial charge in [-0.1, -0.05) is 24.6 Å². The Labute approximate surface area is 207 Å². The van der Waals surface area contributed by atoms with Gasteiger partial charge in [0.1, 0.15) is 5.82 Å². The largest absolute Gasteiger partial charge is 0.417 e. The normalized spacial score (nSPS) is 16.1. The fourth-order valence-electron chi connectivity index (χ4n) is 3.98. The number of alkyl halides is 3. The van der Waals surface area contributed by atoms with Gasteiger partial charge >= 0.3 is 14.4 Å². The minimum atomic E-state index is -4.45. The number of benzene rings is 2. The SMILES string of the molecule is O=[PH](O)OCCCNCc1ccc(SCCCCC2(c3ccc(F)cc3)COC2)c(C(F)(F)F)c1. The monoisotopic (exact) mass is 535 g/mol. The number of unbranched alkanes of at least 4 members (excludes halogenated alkanes) is 1. The molecular formula is C24H30F4NO4PS. The van der Waals surface area contributed by atoms with Crippen LogP contribution in [0.3, 0.4) is 0 Å². The molecule has 1 heterocycles. The van der Waals surface area contributed by atoms with Crippen molar-refractivity contribution in [2.45, 2.75) is 48.7 Å². The van der Waals surface area contributed by atoms with E-state index in [4.69, 9.17) is 9.63 Å². The van der Waals surface area contributed by atoms with E-state index in [1.807, 2.05) is 0 Å². The summed E-state index contributed by atoms with van der Waals surface area (Å²) in [7, 11) is -2.95. The summed E-state index contributed by atoms with van der Waals surface area (Å²) in [4.78, 5) is 8.81. The molecule has 35 heavy (non-hydrogen) atoms. The highest BCUT2D eigenvalue weighted by molar-refractivity contribution is 7.99. The van der Waals surface area contributed by atoms with Crippen LogP contribution in [-0.4, -0.2) is 37.0 Å². The fraction of sp³-hybridized carbons (Fsp3) is 0.500. The molecule has 0 bridgehead atoms. The first-order chi connectivity index (χ1) is 16.7. The number of rotatable bonds is 14. The first kappa shape index (κ1) is 28.2. The summed E-state index contributed by atoms with van der Waals surface area (Å²) in [6.07, 6.45) is -1.53. The molecule has 3 rings (SSSR count). The van der Waals surface area contributed by atoms with E-state index in [1.165, 1.54) is 36.0 Å². The van der Waals surface area contributed by atoms with Gasteiger partial charge in [0, 0.05) is 16.9 Å². The molecule has 0 aliphatic carbocycles. The second-order valence-corrected chi connectivity index (χ2v) is 10.5. The summed E-state index contributed by atoms with van der Waals surface area (Å²) in [5, 5.41) is 3.02. The van der Waals surface area contributed by atoms with E-state index >= 15 is 0 Å². The van der Waals surface area contributed by atoms with Crippen LogP contribution in [0.1, 0.15) is 42.4 Å². The van der Waals surface area contributed by atoms with Crippen molar-refractivity contribution in [3.8, 4) is 0 Å². The Bertz CT molecular complexity index is 971. The zero-order valence-corrected chi connectivity index (χ0v) is 21.0. The number of ether oxygens (including phenoxy) is 1. The number of nitrogens with one attached hydrogen (secondary N) is 1. The zero-order valence-electron chi connectivity index (χ0n) is 19.2. The van der Waals surface area contributed by atoms with Crippen molar-refractivity contribution in [2.75, 3.05) is 32.1 Å². The molecule has 1 unspecified atom stereocenters. The molecule has 1 aliphatic rings. The molecule has 5 nitrogen and oxygen atoms in total. The van der Waals surface area contributed by atoms with Gasteiger partial charge < -0.3 is 19.5 Å². The first-order valence-corrected chi connectivity index (χ1v) is 13.7. The zero-order chi connectivity index (χ0) is 25.3. The lowest BCUT2D eigenvalue weighted by Gasteiger charge is -2.42. The molecular weight excluding hydrogens is 505 g/mol. The van der Waals surface area contributed by atoms with E-state index in [2.05, 4.69) is 9.84 Å². The van der Waals surface area contributed by atoms with E-state index in [1.54, 1.807) is 18.2 Å². The Morgan fingerprint density at radius 2 is 1.86 bits per heavy atom. The van der Waals surface area contributed by atoms with Gasteiger partial charge in [0.05, 0.1) is 25.4 Å². The van der Waals surface area contributed by atoms with Gasteiger partial charge in [0.15, 0.2) is 0 Å². The Kier molecular flexibility index (Phi) is 10.6. The minimum Gasteiger partial charge on any atom is -0.379 e. The predicted octanol–water partition coefficient (Wildman–Crippen LogP) is 5.95. The molecule has 1 fully saturated rings. The van der Waals surface area contributed by atoms with Gasteiger partial charge in [-0.2, -0.15) is 13.2 Å². The molecule has 1 atom stereocenters. The third-order valence-corrected chi connectivity index (χ3v) is 7.53. The summed E-state index contributed by atoms with van der Waals surface area (Å²) in [5.41, 5.74) is 0.786. The molecule has 2 N–H and O–H groups in total. The maximum absolute atomic E-state index is 13.7. The summed E-state index contributed by atoms with van der Waals surface area (Å²) >= 11 is 1.21. The Morgan fingerprint density at radius 3 is 2.49 bits per heavy atom. The average molecular weight is 536 g/mol. The third-order valence-electron chi connectivity index (χ3n) is 5.92. The van der Waals surface area contributed by atoms with E-state index in [0.29, 0.717) is 37.5 Å². The van der Waals surface area contributed by atoms with Gasteiger partial charge in [-0.25, -0.2) is 4.39 Å². The molecule has 194 valence electrons. The molecule has 2 aromatic carbocycles. The summed E-state index contributed by atoms with van der Waals surface area (Å²) in [6, 6.07) is 10.8. The van der Waals surface area contributed by atoms with Crippen LogP contribution in [-0.2, 0) is 32.0 Å². The van der Waals surface area contributed by atoms with Gasteiger partial charge in [-0.05, 0) is 67.0 Å². The number of hydrogen-bond acceptors (Lipinski definition) is 5. The van der Waals surface area contributed by atoms with Crippen molar-refractivity contribution < 1.29 is 36.3 Å². The van der Waals surface area contributed by atoms with Gasteiger partial charge in [0.2, 0.25) is 0 Å². The molecule has 1 saturated heterocycles. The van der Waals surface area contributed by atoms with Crippen molar-refractivity contribution in [2.24, 2.45) is 0 Å². The summed E-state index contributed by atoms with van der Waals surface area (Å²) in [6.45, 7) is 1.98. The highest BCUT2D eigenvalue weighted by atomic mass is 32.2. The van der Waals surface area contributed by atoms with Crippen LogP contribution >= 0.6 is 20.0 Å². The topological polar surface area (TPSA) is 67.8 Å². The van der Waals surface area contributed by atoms with Crippen LogP contribution in [0.2, 0.25) is 0 Å². The molecule has 1 aliphatic heterocycles. The van der Waals surface area contributed by atoms with Crippen molar-refractivity contribution in [3.63, 3.8) is 0 Å². The molecule has 0 amide bonds. The van der Waals surface area contributed by atoms with E-state index in [9.17, 15) is 22.1 Å². The molecule has 11 heteroatoms. The van der Waals surface area contributed by atoms with Gasteiger partial charge in [0.25, 0.3) is 0 Å². The van der Waals surface area contributed by atoms with Crippen molar-refractivity contribution >= 4 is 20.0 Å². The van der Waals surface area contributed by atoms with Crippen LogP contribution in [0.5, 0.6) is 0 Å². The molecule has 0 aromatic heterocycles. The lowest BCUT2D eigenvalue weighted by molar-refractivity contribution is -0.139. The molecule has 2 aromatic rings. The van der Waals surface area contributed by atoms with Crippen molar-refractivity contribution in [1.82, 2.24) is 5.32 Å². The van der Waals surface area contributed by atoms with E-state index < -0.39 is 20.0 Å². The Morgan fingerprint density at radius 1 is 1.11 bits per heavy atom. The second-order valence-electron chi connectivity index (χ2n) is 8.56.